The number of carboxylic acid groups (broad SMARTS) is 1. The summed E-state index contributed by atoms with van der Waals surface area (Å²) in [6.45, 7) is 2.17. The first-order valence-electron chi connectivity index (χ1n) is 5.54. The molecular formula is C12H13BrN2O3. The average molecular weight is 313 g/mol. The summed E-state index contributed by atoms with van der Waals surface area (Å²) in [4.78, 5) is 24.2. The number of hydrogen-bond acceptors (Lipinski definition) is 3. The molecule has 5 nitrogen and oxygen atoms in total. The van der Waals surface area contributed by atoms with Crippen molar-refractivity contribution in [3.05, 3.63) is 22.2 Å². The number of halogens is 1. The molecule has 0 saturated carbocycles. The molecule has 0 aromatic heterocycles. The van der Waals surface area contributed by atoms with Crippen molar-refractivity contribution in [1.29, 1.82) is 0 Å². The topological polar surface area (TPSA) is 69.6 Å². The highest BCUT2D eigenvalue weighted by Gasteiger charge is 2.22. The first kappa shape index (κ1) is 12.9. The maximum absolute atomic E-state index is 11.6. The van der Waals surface area contributed by atoms with Crippen LogP contribution in [0.15, 0.2) is 16.6 Å². The van der Waals surface area contributed by atoms with E-state index in [4.69, 9.17) is 5.11 Å². The molecule has 18 heavy (non-hydrogen) atoms. The number of nitrogens with one attached hydrogen (secondary N) is 1. The van der Waals surface area contributed by atoms with Crippen molar-refractivity contribution in [3.8, 4) is 0 Å². The van der Waals surface area contributed by atoms with E-state index in [-0.39, 0.29) is 12.5 Å². The molecular weight excluding hydrogens is 300 g/mol. The zero-order chi connectivity index (χ0) is 13.3. The third kappa shape index (κ3) is 2.64. The zero-order valence-electron chi connectivity index (χ0n) is 9.86. The molecule has 0 aliphatic carbocycles. The van der Waals surface area contributed by atoms with Crippen molar-refractivity contribution in [2.45, 2.75) is 13.3 Å². The van der Waals surface area contributed by atoms with Crippen LogP contribution in [0.2, 0.25) is 0 Å². The van der Waals surface area contributed by atoms with E-state index in [1.165, 1.54) is 0 Å². The average Bonchev–Trinajstić information content (AvgIpc) is 2.40. The number of aryl methyl sites for hydroxylation is 1. The van der Waals surface area contributed by atoms with Gasteiger partial charge in [-0.25, -0.2) is 0 Å². The van der Waals surface area contributed by atoms with E-state index < -0.39 is 5.97 Å². The van der Waals surface area contributed by atoms with Gasteiger partial charge in [0.15, 0.2) is 0 Å². The second-order valence-corrected chi connectivity index (χ2v) is 5.15. The lowest BCUT2D eigenvalue weighted by Crippen LogP contribution is -2.30. The summed E-state index contributed by atoms with van der Waals surface area (Å²) in [7, 11) is 0. The molecule has 1 amide bonds. The molecule has 0 saturated heterocycles. The Morgan fingerprint density at radius 1 is 1.56 bits per heavy atom. The quantitative estimate of drug-likeness (QED) is 0.876. The Hall–Kier alpha value is -1.56. The van der Waals surface area contributed by atoms with Gasteiger partial charge in [-0.05, 0) is 24.6 Å². The second-order valence-electron chi connectivity index (χ2n) is 4.23. The maximum atomic E-state index is 11.6. The third-order valence-electron chi connectivity index (χ3n) is 2.82. The highest BCUT2D eigenvalue weighted by Crippen LogP contribution is 2.34. The fraction of sp³-hybridized carbons (Fsp3) is 0.333. The molecule has 0 fully saturated rings. The molecule has 1 aromatic rings. The Labute approximate surface area is 113 Å². The van der Waals surface area contributed by atoms with Crippen molar-refractivity contribution in [3.63, 3.8) is 0 Å². The number of anilines is 2. The number of amides is 1. The Morgan fingerprint density at radius 2 is 2.28 bits per heavy atom. The Bertz CT molecular complexity index is 516. The summed E-state index contributed by atoms with van der Waals surface area (Å²) in [6.07, 6.45) is 0.291. The zero-order valence-corrected chi connectivity index (χ0v) is 11.5. The lowest BCUT2D eigenvalue weighted by atomic mass is 10.1. The Morgan fingerprint density at radius 3 is 2.94 bits per heavy atom. The SMILES string of the molecule is Cc1cc(Br)cc2c1NC(=O)CCN2CC(=O)O. The molecule has 1 heterocycles. The van der Waals surface area contributed by atoms with Crippen molar-refractivity contribution in [2.75, 3.05) is 23.3 Å². The van der Waals surface area contributed by atoms with Gasteiger partial charge < -0.3 is 15.3 Å². The lowest BCUT2D eigenvalue weighted by molar-refractivity contribution is -0.135. The smallest absolute Gasteiger partial charge is 0.323 e. The van der Waals surface area contributed by atoms with Crippen LogP contribution >= 0.6 is 15.9 Å². The first-order valence-corrected chi connectivity index (χ1v) is 6.33. The summed E-state index contributed by atoms with van der Waals surface area (Å²) in [6, 6.07) is 3.72. The van der Waals surface area contributed by atoms with Gasteiger partial charge in [0.25, 0.3) is 0 Å². The van der Waals surface area contributed by atoms with Gasteiger partial charge in [0, 0.05) is 17.4 Å². The molecule has 0 unspecified atom stereocenters. The molecule has 0 radical (unpaired) electrons. The molecule has 6 heteroatoms. The van der Waals surface area contributed by atoms with E-state index in [9.17, 15) is 9.59 Å². The van der Waals surface area contributed by atoms with E-state index in [0.29, 0.717) is 18.7 Å². The molecule has 96 valence electrons. The van der Waals surface area contributed by atoms with Crippen LogP contribution in [0.1, 0.15) is 12.0 Å². The number of nitrogens with zero attached hydrogens (tertiary/aromatic N) is 1. The number of fused-ring (bicyclic) bond motifs is 1. The largest absolute Gasteiger partial charge is 0.480 e. The van der Waals surface area contributed by atoms with Crippen molar-refractivity contribution in [1.82, 2.24) is 0 Å². The predicted octanol–water partition coefficient (Wildman–Crippen LogP) is 1.99. The fourth-order valence-corrected chi connectivity index (χ4v) is 2.58. The third-order valence-corrected chi connectivity index (χ3v) is 3.28. The molecule has 2 rings (SSSR count). The number of rotatable bonds is 2. The minimum absolute atomic E-state index is 0.0884. The molecule has 0 bridgehead atoms. The van der Waals surface area contributed by atoms with Gasteiger partial charge in [0.1, 0.15) is 6.54 Å². The standard InChI is InChI=1S/C12H13BrN2O3/c1-7-4-8(13)5-9-12(7)14-10(16)2-3-15(9)6-11(17)18/h4-5H,2-3,6H2,1H3,(H,14,16)(H,17,18). The summed E-state index contributed by atoms with van der Waals surface area (Å²) >= 11 is 3.39. The van der Waals surface area contributed by atoms with Crippen molar-refractivity contribution >= 4 is 39.2 Å². The van der Waals surface area contributed by atoms with Gasteiger partial charge in [-0.15, -0.1) is 0 Å². The van der Waals surface area contributed by atoms with E-state index in [1.807, 2.05) is 19.1 Å². The minimum atomic E-state index is -0.909. The summed E-state index contributed by atoms with van der Waals surface area (Å²) < 4.78 is 0.866. The van der Waals surface area contributed by atoms with E-state index in [2.05, 4.69) is 21.2 Å². The van der Waals surface area contributed by atoms with Crippen LogP contribution < -0.4 is 10.2 Å². The van der Waals surface area contributed by atoms with Crippen LogP contribution in [0.3, 0.4) is 0 Å². The molecule has 1 aromatic carbocycles. The van der Waals surface area contributed by atoms with E-state index >= 15 is 0 Å². The number of hydrogen-bond donors (Lipinski definition) is 2. The molecule has 2 N–H and O–H groups in total. The second kappa shape index (κ2) is 4.97. The molecule has 1 aliphatic rings. The van der Waals surface area contributed by atoms with Crippen LogP contribution in [-0.4, -0.2) is 30.1 Å². The number of aliphatic carboxylic acids is 1. The normalized spacial score (nSPS) is 14.8. The monoisotopic (exact) mass is 312 g/mol. The molecule has 0 atom stereocenters. The van der Waals surface area contributed by atoms with Crippen molar-refractivity contribution in [2.24, 2.45) is 0 Å². The first-order chi connectivity index (χ1) is 8.47. The number of carbonyl (C=O) groups is 2. The van der Waals surface area contributed by atoms with Crippen LogP contribution in [0, 0.1) is 6.92 Å². The van der Waals surface area contributed by atoms with Crippen LogP contribution in [0.25, 0.3) is 0 Å². The lowest BCUT2D eigenvalue weighted by Gasteiger charge is -2.23. The molecule has 1 aliphatic heterocycles. The fourth-order valence-electron chi connectivity index (χ4n) is 2.02. The van der Waals surface area contributed by atoms with Gasteiger partial charge in [0.2, 0.25) is 5.91 Å². The minimum Gasteiger partial charge on any atom is -0.480 e. The van der Waals surface area contributed by atoms with Crippen molar-refractivity contribution < 1.29 is 14.7 Å². The molecule has 0 spiro atoms. The van der Waals surface area contributed by atoms with Gasteiger partial charge in [-0.3, -0.25) is 9.59 Å². The van der Waals surface area contributed by atoms with Gasteiger partial charge in [-0.2, -0.15) is 0 Å². The summed E-state index contributed by atoms with van der Waals surface area (Å²) in [5, 5.41) is 11.8. The van der Waals surface area contributed by atoms with Crippen LogP contribution in [0.5, 0.6) is 0 Å². The highest BCUT2D eigenvalue weighted by atomic mass is 79.9. The maximum Gasteiger partial charge on any atom is 0.323 e. The van der Waals surface area contributed by atoms with Gasteiger partial charge in [-0.1, -0.05) is 15.9 Å². The Balaban J connectivity index is 2.49. The number of carboxylic acids is 1. The number of carbonyl (C=O) groups excluding carboxylic acids is 1. The summed E-state index contributed by atoms with van der Waals surface area (Å²) in [5.74, 6) is -0.998. The van der Waals surface area contributed by atoms with E-state index in [1.54, 1.807) is 4.90 Å². The van der Waals surface area contributed by atoms with Gasteiger partial charge in [0.05, 0.1) is 11.4 Å². The van der Waals surface area contributed by atoms with Crippen LogP contribution in [-0.2, 0) is 9.59 Å². The Kier molecular flexibility index (Phi) is 3.56. The van der Waals surface area contributed by atoms with Gasteiger partial charge >= 0.3 is 5.97 Å². The predicted molar refractivity (Wildman–Crippen MR) is 72.0 cm³/mol. The number of benzene rings is 1. The summed E-state index contributed by atoms with van der Waals surface area (Å²) in [5.41, 5.74) is 2.35. The van der Waals surface area contributed by atoms with E-state index in [0.717, 1.165) is 15.7 Å². The van der Waals surface area contributed by atoms with Crippen LogP contribution in [0.4, 0.5) is 11.4 Å². The highest BCUT2D eigenvalue weighted by molar-refractivity contribution is 9.10.